The van der Waals surface area contributed by atoms with Gasteiger partial charge in [-0.15, -0.1) is 0 Å². The van der Waals surface area contributed by atoms with Crippen molar-refractivity contribution in [1.82, 2.24) is 10.3 Å². The van der Waals surface area contributed by atoms with Crippen molar-refractivity contribution in [3.8, 4) is 0 Å². The molecule has 106 valence electrons. The number of rotatable bonds is 6. The van der Waals surface area contributed by atoms with Crippen LogP contribution in [0.3, 0.4) is 0 Å². The third-order valence-corrected chi connectivity index (χ3v) is 3.09. The maximum absolute atomic E-state index is 11.3. The number of benzene rings is 1. The fraction of sp³-hybridized carbons (Fsp3) is 0.312. The van der Waals surface area contributed by atoms with Crippen LogP contribution in [0.2, 0.25) is 0 Å². The minimum Gasteiger partial charge on any atom is -0.463 e. The minimum absolute atomic E-state index is 0.301. The van der Waals surface area contributed by atoms with Crippen molar-refractivity contribution >= 4 is 16.9 Å². The van der Waals surface area contributed by atoms with E-state index in [2.05, 4.69) is 22.4 Å². The third kappa shape index (κ3) is 3.63. The van der Waals surface area contributed by atoms with Gasteiger partial charge in [-0.05, 0) is 31.9 Å². The topological polar surface area (TPSA) is 54.1 Å². The molecule has 0 aliphatic carbocycles. The summed E-state index contributed by atoms with van der Waals surface area (Å²) in [6.45, 7) is 4.85. The molecule has 4 heteroatoms. The summed E-state index contributed by atoms with van der Waals surface area (Å²) < 4.78 is 4.86. The molecule has 0 bridgehead atoms. The molecular formula is C16H20N2O2. The van der Waals surface area contributed by atoms with E-state index in [0.29, 0.717) is 6.61 Å². The van der Waals surface area contributed by atoms with Gasteiger partial charge >= 0.3 is 5.97 Å². The summed E-state index contributed by atoms with van der Waals surface area (Å²) in [6, 6.07) is 8.24. The molecule has 0 unspecified atom stereocenters. The first kappa shape index (κ1) is 14.2. The van der Waals surface area contributed by atoms with E-state index in [1.54, 1.807) is 6.92 Å². The van der Waals surface area contributed by atoms with Crippen molar-refractivity contribution in [2.75, 3.05) is 13.2 Å². The van der Waals surface area contributed by atoms with E-state index in [0.717, 1.165) is 24.2 Å². The van der Waals surface area contributed by atoms with E-state index < -0.39 is 0 Å². The summed E-state index contributed by atoms with van der Waals surface area (Å²) in [5.74, 6) is -0.301. The van der Waals surface area contributed by atoms with Crippen molar-refractivity contribution < 1.29 is 9.53 Å². The zero-order chi connectivity index (χ0) is 14.4. The molecule has 0 fully saturated rings. The highest BCUT2D eigenvalue weighted by atomic mass is 16.5. The summed E-state index contributed by atoms with van der Waals surface area (Å²) in [4.78, 5) is 14.5. The lowest BCUT2D eigenvalue weighted by atomic mass is 10.1. The molecule has 20 heavy (non-hydrogen) atoms. The van der Waals surface area contributed by atoms with Crippen molar-refractivity contribution in [3.63, 3.8) is 0 Å². The molecule has 0 amide bonds. The number of hydrogen-bond acceptors (Lipinski definition) is 3. The van der Waals surface area contributed by atoms with Gasteiger partial charge in [0.25, 0.3) is 0 Å². The van der Waals surface area contributed by atoms with Crippen LogP contribution in [0.15, 0.2) is 42.2 Å². The van der Waals surface area contributed by atoms with Crippen molar-refractivity contribution in [1.29, 1.82) is 0 Å². The lowest BCUT2D eigenvalue weighted by molar-refractivity contribution is -0.137. The van der Waals surface area contributed by atoms with Gasteiger partial charge in [-0.2, -0.15) is 0 Å². The molecule has 0 aliphatic rings. The molecule has 0 radical (unpaired) electrons. The Morgan fingerprint density at radius 2 is 2.20 bits per heavy atom. The van der Waals surface area contributed by atoms with Gasteiger partial charge in [-0.25, -0.2) is 4.79 Å². The van der Waals surface area contributed by atoms with E-state index >= 15 is 0 Å². The van der Waals surface area contributed by atoms with Gasteiger partial charge in [-0.3, -0.25) is 0 Å². The van der Waals surface area contributed by atoms with Crippen LogP contribution in [0.4, 0.5) is 0 Å². The van der Waals surface area contributed by atoms with Gasteiger partial charge in [0.15, 0.2) is 0 Å². The van der Waals surface area contributed by atoms with Crippen LogP contribution in [0.1, 0.15) is 19.4 Å². The predicted molar refractivity (Wildman–Crippen MR) is 80.4 cm³/mol. The highest BCUT2D eigenvalue weighted by Gasteiger charge is 2.03. The number of allylic oxidation sites excluding steroid dienone is 1. The maximum Gasteiger partial charge on any atom is 0.332 e. The zero-order valence-corrected chi connectivity index (χ0v) is 11.9. The third-order valence-electron chi connectivity index (χ3n) is 3.09. The molecule has 2 aromatic rings. The number of carbonyl (C=O) groups is 1. The molecule has 0 aliphatic heterocycles. The molecule has 1 heterocycles. The van der Waals surface area contributed by atoms with Crippen LogP contribution in [0.5, 0.6) is 0 Å². The van der Waals surface area contributed by atoms with Gasteiger partial charge in [-0.1, -0.05) is 18.2 Å². The second-order valence-electron chi connectivity index (χ2n) is 4.62. The van der Waals surface area contributed by atoms with E-state index in [1.165, 1.54) is 17.0 Å². The number of aromatic nitrogens is 1. The molecule has 2 rings (SSSR count). The number of hydrogen-bond donors (Lipinski definition) is 2. The summed E-state index contributed by atoms with van der Waals surface area (Å²) >= 11 is 0. The SMILES string of the molecule is CCOC(=O)/C=C(\C)NCCc1c[nH]c2ccccc12. The maximum atomic E-state index is 11.3. The molecule has 0 saturated heterocycles. The number of para-hydroxylation sites is 1. The van der Waals surface area contributed by atoms with Crippen LogP contribution in [0, 0.1) is 0 Å². The van der Waals surface area contributed by atoms with Crippen LogP contribution in [-0.2, 0) is 16.0 Å². The number of esters is 1. The Morgan fingerprint density at radius 1 is 1.40 bits per heavy atom. The lowest BCUT2D eigenvalue weighted by Crippen LogP contribution is -2.16. The number of H-pyrrole nitrogens is 1. The lowest BCUT2D eigenvalue weighted by Gasteiger charge is -2.06. The van der Waals surface area contributed by atoms with Gasteiger partial charge in [0.05, 0.1) is 6.61 Å². The zero-order valence-electron chi connectivity index (χ0n) is 11.9. The van der Waals surface area contributed by atoms with E-state index in [-0.39, 0.29) is 5.97 Å². The van der Waals surface area contributed by atoms with Crippen LogP contribution < -0.4 is 5.32 Å². The molecule has 2 N–H and O–H groups in total. The van der Waals surface area contributed by atoms with Gasteiger partial charge < -0.3 is 15.0 Å². The molecule has 1 aromatic heterocycles. The Labute approximate surface area is 118 Å². The monoisotopic (exact) mass is 272 g/mol. The Balaban J connectivity index is 1.88. The van der Waals surface area contributed by atoms with Crippen LogP contribution >= 0.6 is 0 Å². The van der Waals surface area contributed by atoms with Crippen molar-refractivity contribution in [2.45, 2.75) is 20.3 Å². The summed E-state index contributed by atoms with van der Waals surface area (Å²) in [6.07, 6.45) is 4.42. The number of nitrogens with one attached hydrogen (secondary N) is 2. The standard InChI is InChI=1S/C16H20N2O2/c1-3-20-16(19)10-12(2)17-9-8-13-11-18-15-7-5-4-6-14(13)15/h4-7,10-11,17-18H,3,8-9H2,1-2H3/b12-10+. The molecular weight excluding hydrogens is 252 g/mol. The predicted octanol–water partition coefficient (Wildman–Crippen LogP) is 2.77. The largest absolute Gasteiger partial charge is 0.463 e. The smallest absolute Gasteiger partial charge is 0.332 e. The van der Waals surface area contributed by atoms with Gasteiger partial charge in [0, 0.05) is 35.4 Å². The van der Waals surface area contributed by atoms with E-state index in [9.17, 15) is 4.79 Å². The Hall–Kier alpha value is -2.23. The normalized spacial score (nSPS) is 11.6. The fourth-order valence-corrected chi connectivity index (χ4v) is 2.14. The Kier molecular flexibility index (Phi) is 4.82. The molecule has 0 atom stereocenters. The van der Waals surface area contributed by atoms with Crippen LogP contribution in [-0.4, -0.2) is 24.1 Å². The van der Waals surface area contributed by atoms with Crippen molar-refractivity contribution in [2.24, 2.45) is 0 Å². The average Bonchev–Trinajstić information content (AvgIpc) is 2.82. The number of ether oxygens (including phenoxy) is 1. The summed E-state index contributed by atoms with van der Waals surface area (Å²) in [7, 11) is 0. The first-order valence-corrected chi connectivity index (χ1v) is 6.84. The van der Waals surface area contributed by atoms with Gasteiger partial charge in [0.2, 0.25) is 0 Å². The molecule has 4 nitrogen and oxygen atoms in total. The number of fused-ring (bicyclic) bond motifs is 1. The number of carbonyl (C=O) groups excluding carboxylic acids is 1. The van der Waals surface area contributed by atoms with Crippen LogP contribution in [0.25, 0.3) is 10.9 Å². The minimum atomic E-state index is -0.301. The first-order valence-electron chi connectivity index (χ1n) is 6.84. The number of aromatic amines is 1. The first-order chi connectivity index (χ1) is 9.70. The highest BCUT2D eigenvalue weighted by Crippen LogP contribution is 2.17. The Morgan fingerprint density at radius 3 is 3.00 bits per heavy atom. The average molecular weight is 272 g/mol. The molecule has 1 aromatic carbocycles. The second kappa shape index (κ2) is 6.80. The van der Waals surface area contributed by atoms with E-state index in [1.807, 2.05) is 25.3 Å². The fourth-order valence-electron chi connectivity index (χ4n) is 2.14. The summed E-state index contributed by atoms with van der Waals surface area (Å²) in [5.41, 5.74) is 3.25. The second-order valence-corrected chi connectivity index (χ2v) is 4.62. The molecule has 0 spiro atoms. The van der Waals surface area contributed by atoms with E-state index in [4.69, 9.17) is 4.74 Å². The molecule has 0 saturated carbocycles. The van der Waals surface area contributed by atoms with Crippen molar-refractivity contribution in [3.05, 3.63) is 47.8 Å². The van der Waals surface area contributed by atoms with Gasteiger partial charge in [0.1, 0.15) is 0 Å². The highest BCUT2D eigenvalue weighted by molar-refractivity contribution is 5.83. The Bertz CT molecular complexity index is 614. The quantitative estimate of drug-likeness (QED) is 0.628. The summed E-state index contributed by atoms with van der Waals surface area (Å²) in [5, 5.41) is 4.47.